The summed E-state index contributed by atoms with van der Waals surface area (Å²) in [6.45, 7) is 7.95. The molecule has 0 aliphatic heterocycles. The predicted octanol–water partition coefficient (Wildman–Crippen LogP) is 4.38. The van der Waals surface area contributed by atoms with Gasteiger partial charge in [0.1, 0.15) is 5.75 Å². The molecule has 2 rings (SSSR count). The number of aryl methyl sites for hydroxylation is 2. The van der Waals surface area contributed by atoms with E-state index in [4.69, 9.17) is 9.47 Å². The normalized spacial score (nSPS) is 10.6. The fraction of sp³-hybridized carbons (Fsp3) is 0.364. The van der Waals surface area contributed by atoms with Gasteiger partial charge in [-0.15, -0.1) is 0 Å². The molecule has 0 radical (unpaired) electrons. The quantitative estimate of drug-likeness (QED) is 0.702. The summed E-state index contributed by atoms with van der Waals surface area (Å²) in [6.07, 6.45) is 0.0861. The van der Waals surface area contributed by atoms with Gasteiger partial charge in [-0.25, -0.2) is 0 Å². The van der Waals surface area contributed by atoms with E-state index in [1.54, 1.807) is 0 Å². The summed E-state index contributed by atoms with van der Waals surface area (Å²) in [5, 5.41) is 2.86. The standard InChI is InChI=1S/C22H27NO4/c1-15(2)19-10-6-8-17(4)22(19)23-20(24)14-27-21(25)11-12-26-18-9-5-7-16(3)13-18/h5-10,13,15H,11-12,14H2,1-4H3,(H,23,24). The number of nitrogens with one attached hydrogen (secondary N) is 1. The fourth-order valence-corrected chi connectivity index (χ4v) is 2.69. The van der Waals surface area contributed by atoms with E-state index in [9.17, 15) is 9.59 Å². The van der Waals surface area contributed by atoms with E-state index < -0.39 is 5.97 Å². The lowest BCUT2D eigenvalue weighted by molar-refractivity contribution is -0.147. The molecule has 0 aliphatic rings. The summed E-state index contributed by atoms with van der Waals surface area (Å²) in [5.74, 6) is 0.175. The van der Waals surface area contributed by atoms with Crippen LogP contribution in [0, 0.1) is 13.8 Å². The van der Waals surface area contributed by atoms with Gasteiger partial charge in [0.2, 0.25) is 0 Å². The van der Waals surface area contributed by atoms with Gasteiger partial charge in [-0.3, -0.25) is 9.59 Å². The van der Waals surface area contributed by atoms with Crippen LogP contribution in [-0.4, -0.2) is 25.1 Å². The second-order valence-electron chi connectivity index (χ2n) is 6.82. The number of carbonyl (C=O) groups excluding carboxylic acids is 2. The molecule has 0 fully saturated rings. The van der Waals surface area contributed by atoms with Gasteiger partial charge in [0.05, 0.1) is 13.0 Å². The third kappa shape index (κ3) is 6.44. The highest BCUT2D eigenvalue weighted by Crippen LogP contribution is 2.27. The maximum absolute atomic E-state index is 12.2. The number of para-hydroxylation sites is 1. The molecule has 0 heterocycles. The molecule has 1 amide bonds. The molecule has 2 aromatic rings. The van der Waals surface area contributed by atoms with Crippen molar-refractivity contribution in [3.8, 4) is 5.75 Å². The van der Waals surface area contributed by atoms with Crippen LogP contribution < -0.4 is 10.1 Å². The number of anilines is 1. The van der Waals surface area contributed by atoms with Crippen molar-refractivity contribution in [3.63, 3.8) is 0 Å². The Balaban J connectivity index is 1.78. The Morgan fingerprint density at radius 1 is 1.07 bits per heavy atom. The number of amides is 1. The molecule has 0 bridgehead atoms. The van der Waals surface area contributed by atoms with E-state index >= 15 is 0 Å². The van der Waals surface area contributed by atoms with Crippen molar-refractivity contribution in [2.45, 2.75) is 40.0 Å². The van der Waals surface area contributed by atoms with E-state index in [0.29, 0.717) is 5.75 Å². The molecule has 5 nitrogen and oxygen atoms in total. The molecular weight excluding hydrogens is 342 g/mol. The molecular formula is C22H27NO4. The van der Waals surface area contributed by atoms with Crippen LogP contribution >= 0.6 is 0 Å². The molecule has 0 aromatic heterocycles. The second kappa shape index (κ2) is 9.76. The first-order chi connectivity index (χ1) is 12.9. The minimum absolute atomic E-state index is 0.0861. The van der Waals surface area contributed by atoms with Crippen LogP contribution in [0.25, 0.3) is 0 Å². The Labute approximate surface area is 160 Å². The lowest BCUT2D eigenvalue weighted by Gasteiger charge is -2.16. The van der Waals surface area contributed by atoms with Crippen LogP contribution in [0.3, 0.4) is 0 Å². The number of benzene rings is 2. The minimum atomic E-state index is -0.466. The van der Waals surface area contributed by atoms with Crippen molar-refractivity contribution >= 4 is 17.6 Å². The number of carbonyl (C=O) groups is 2. The number of ether oxygens (including phenoxy) is 2. The van der Waals surface area contributed by atoms with Crippen LogP contribution in [-0.2, 0) is 14.3 Å². The lowest BCUT2D eigenvalue weighted by Crippen LogP contribution is -2.22. The SMILES string of the molecule is Cc1cccc(OCCC(=O)OCC(=O)Nc2c(C)cccc2C(C)C)c1. The van der Waals surface area contributed by atoms with E-state index in [0.717, 1.165) is 22.4 Å². The van der Waals surface area contributed by atoms with E-state index in [2.05, 4.69) is 19.2 Å². The van der Waals surface area contributed by atoms with Crippen LogP contribution in [0.1, 0.15) is 42.9 Å². The Kier molecular flexibility index (Phi) is 7.41. The van der Waals surface area contributed by atoms with Crippen LogP contribution in [0.2, 0.25) is 0 Å². The third-order valence-electron chi connectivity index (χ3n) is 4.12. The Hall–Kier alpha value is -2.82. The molecule has 0 saturated heterocycles. The summed E-state index contributed by atoms with van der Waals surface area (Å²) < 4.78 is 10.6. The summed E-state index contributed by atoms with van der Waals surface area (Å²) >= 11 is 0. The molecule has 0 saturated carbocycles. The topological polar surface area (TPSA) is 64.6 Å². The van der Waals surface area contributed by atoms with Crippen LogP contribution in [0.15, 0.2) is 42.5 Å². The van der Waals surface area contributed by atoms with E-state index in [1.165, 1.54) is 0 Å². The molecule has 0 unspecified atom stereocenters. The van der Waals surface area contributed by atoms with Crippen LogP contribution in [0.4, 0.5) is 5.69 Å². The van der Waals surface area contributed by atoms with Gasteiger partial charge in [-0.2, -0.15) is 0 Å². The molecule has 144 valence electrons. The zero-order valence-electron chi connectivity index (χ0n) is 16.4. The Morgan fingerprint density at radius 3 is 2.52 bits per heavy atom. The van der Waals surface area contributed by atoms with Gasteiger partial charge in [0.25, 0.3) is 5.91 Å². The molecule has 5 heteroatoms. The highest BCUT2D eigenvalue weighted by atomic mass is 16.5. The maximum Gasteiger partial charge on any atom is 0.309 e. The smallest absolute Gasteiger partial charge is 0.309 e. The first kappa shape index (κ1) is 20.5. The zero-order chi connectivity index (χ0) is 19.8. The molecule has 0 atom stereocenters. The average molecular weight is 369 g/mol. The first-order valence-corrected chi connectivity index (χ1v) is 9.11. The van der Waals surface area contributed by atoms with Gasteiger partial charge >= 0.3 is 5.97 Å². The minimum Gasteiger partial charge on any atom is -0.493 e. The van der Waals surface area contributed by atoms with Gasteiger partial charge in [0.15, 0.2) is 6.61 Å². The molecule has 0 spiro atoms. The monoisotopic (exact) mass is 369 g/mol. The zero-order valence-corrected chi connectivity index (χ0v) is 16.4. The van der Waals surface area contributed by atoms with Crippen molar-refractivity contribution in [3.05, 3.63) is 59.2 Å². The second-order valence-corrected chi connectivity index (χ2v) is 6.82. The summed E-state index contributed by atoms with van der Waals surface area (Å²) in [4.78, 5) is 24.0. The van der Waals surface area contributed by atoms with Gasteiger partial charge in [-0.1, -0.05) is 44.2 Å². The Bertz CT molecular complexity index is 799. The van der Waals surface area contributed by atoms with Gasteiger partial charge < -0.3 is 14.8 Å². The molecule has 27 heavy (non-hydrogen) atoms. The highest BCUT2D eigenvalue weighted by Gasteiger charge is 2.13. The third-order valence-corrected chi connectivity index (χ3v) is 4.12. The maximum atomic E-state index is 12.2. The van der Waals surface area contributed by atoms with Gasteiger partial charge in [0, 0.05) is 5.69 Å². The summed E-state index contributed by atoms with van der Waals surface area (Å²) in [5.41, 5.74) is 3.91. The van der Waals surface area contributed by atoms with Crippen molar-refractivity contribution < 1.29 is 19.1 Å². The highest BCUT2D eigenvalue weighted by molar-refractivity contribution is 5.94. The summed E-state index contributed by atoms with van der Waals surface area (Å²) in [6, 6.07) is 13.5. The number of hydrogen-bond donors (Lipinski definition) is 1. The van der Waals surface area contributed by atoms with Crippen molar-refractivity contribution in [2.24, 2.45) is 0 Å². The Morgan fingerprint density at radius 2 is 1.81 bits per heavy atom. The van der Waals surface area contributed by atoms with Crippen molar-refractivity contribution in [1.82, 2.24) is 0 Å². The molecule has 2 aromatic carbocycles. The number of rotatable bonds is 8. The van der Waals surface area contributed by atoms with E-state index in [-0.39, 0.29) is 31.5 Å². The largest absolute Gasteiger partial charge is 0.493 e. The summed E-state index contributed by atoms with van der Waals surface area (Å²) in [7, 11) is 0. The van der Waals surface area contributed by atoms with Crippen LogP contribution in [0.5, 0.6) is 5.75 Å². The lowest BCUT2D eigenvalue weighted by atomic mass is 9.98. The average Bonchev–Trinajstić information content (AvgIpc) is 2.61. The van der Waals surface area contributed by atoms with Gasteiger partial charge in [-0.05, 0) is 48.6 Å². The first-order valence-electron chi connectivity index (χ1n) is 9.11. The fourth-order valence-electron chi connectivity index (χ4n) is 2.69. The number of esters is 1. The van der Waals surface area contributed by atoms with Crippen molar-refractivity contribution in [2.75, 3.05) is 18.5 Å². The predicted molar refractivity (Wildman–Crippen MR) is 106 cm³/mol. The molecule has 0 aliphatic carbocycles. The number of hydrogen-bond acceptors (Lipinski definition) is 4. The molecule has 1 N–H and O–H groups in total. The van der Waals surface area contributed by atoms with Crippen molar-refractivity contribution in [1.29, 1.82) is 0 Å². The van der Waals surface area contributed by atoms with E-state index in [1.807, 2.05) is 56.3 Å².